The van der Waals surface area contributed by atoms with Gasteiger partial charge < -0.3 is 14.3 Å². The number of rotatable bonds is 4. The average molecular weight is 295 g/mol. The van der Waals surface area contributed by atoms with Crippen LogP contribution in [0.25, 0.3) is 0 Å². The minimum Gasteiger partial charge on any atom is -0.359 e. The highest BCUT2D eigenvalue weighted by molar-refractivity contribution is 6.35. The van der Waals surface area contributed by atoms with Crippen molar-refractivity contribution >= 4 is 17.7 Å². The summed E-state index contributed by atoms with van der Waals surface area (Å²) in [7, 11) is 0. The number of nitrogens with one attached hydrogen (secondary N) is 1. The number of nitrogens with two attached hydrogens (primary N) is 1. The minimum atomic E-state index is -0.587. The number of hydrogen-bond donors (Lipinski definition) is 2. The number of piperazine rings is 1. The summed E-state index contributed by atoms with van der Waals surface area (Å²) in [4.78, 5) is 38.1. The molecule has 0 unspecified atom stereocenters. The molecular weight excluding hydrogens is 278 g/mol. The first kappa shape index (κ1) is 15.0. The van der Waals surface area contributed by atoms with E-state index in [1.807, 2.05) is 19.3 Å². The summed E-state index contributed by atoms with van der Waals surface area (Å²) in [6.45, 7) is 4.67. The number of hydrogen-bond acceptors (Lipinski definition) is 6. The van der Waals surface area contributed by atoms with Crippen LogP contribution in [0.5, 0.6) is 0 Å². The van der Waals surface area contributed by atoms with Gasteiger partial charge in [0, 0.05) is 25.2 Å². The summed E-state index contributed by atoms with van der Waals surface area (Å²) in [5.41, 5.74) is 1.95. The summed E-state index contributed by atoms with van der Waals surface area (Å²) < 4.78 is 4.96. The number of carbonyl (C=O) groups is 3. The zero-order valence-corrected chi connectivity index (χ0v) is 11.8. The maximum atomic E-state index is 12.0. The van der Waals surface area contributed by atoms with Crippen LogP contribution in [-0.4, -0.2) is 51.8 Å². The van der Waals surface area contributed by atoms with Gasteiger partial charge in [-0.15, -0.1) is 0 Å². The van der Waals surface area contributed by atoms with Crippen molar-refractivity contribution in [1.82, 2.24) is 20.4 Å². The van der Waals surface area contributed by atoms with Gasteiger partial charge in [-0.1, -0.05) is 5.16 Å². The Kier molecular flexibility index (Phi) is 4.22. The van der Waals surface area contributed by atoms with Gasteiger partial charge in [0.25, 0.3) is 5.91 Å². The fourth-order valence-electron chi connectivity index (χ4n) is 2.09. The van der Waals surface area contributed by atoms with Gasteiger partial charge in [0.2, 0.25) is 0 Å². The van der Waals surface area contributed by atoms with Crippen LogP contribution in [0.1, 0.15) is 30.1 Å². The van der Waals surface area contributed by atoms with Crippen LogP contribution in [0.15, 0.2) is 10.6 Å². The van der Waals surface area contributed by atoms with Crippen molar-refractivity contribution in [2.75, 3.05) is 13.1 Å². The van der Waals surface area contributed by atoms with Gasteiger partial charge in [-0.05, 0) is 13.8 Å². The lowest BCUT2D eigenvalue weighted by atomic mass is 10.2. The second-order valence-electron chi connectivity index (χ2n) is 4.97. The number of nitrogens with zero attached hydrogens (tertiary/aromatic N) is 3. The number of aromatic nitrogens is 1. The highest BCUT2D eigenvalue weighted by Gasteiger charge is 2.34. The molecule has 3 amide bonds. The Morgan fingerprint density at radius 3 is 2.76 bits per heavy atom. The predicted octanol–water partition coefficient (Wildman–Crippen LogP) is -1.14. The van der Waals surface area contributed by atoms with Gasteiger partial charge >= 0.3 is 11.8 Å². The Balaban J connectivity index is 2.04. The van der Waals surface area contributed by atoms with Crippen LogP contribution in [-0.2, 0) is 16.1 Å². The zero-order chi connectivity index (χ0) is 15.6. The number of nitrogen functional groups attached to an aromatic ring is 1. The van der Waals surface area contributed by atoms with E-state index < -0.39 is 17.7 Å². The molecule has 114 valence electrons. The molecular formula is C12H17N5O4. The second-order valence-corrected chi connectivity index (χ2v) is 4.97. The highest BCUT2D eigenvalue weighted by atomic mass is 16.5. The molecule has 2 rings (SSSR count). The van der Waals surface area contributed by atoms with E-state index in [4.69, 9.17) is 10.4 Å². The summed E-state index contributed by atoms with van der Waals surface area (Å²) in [5.74, 6) is 3.59. The van der Waals surface area contributed by atoms with Gasteiger partial charge in [0.05, 0.1) is 6.54 Å². The maximum Gasteiger partial charge on any atom is 0.312 e. The zero-order valence-electron chi connectivity index (χ0n) is 11.8. The molecule has 1 aromatic rings. The van der Waals surface area contributed by atoms with E-state index in [1.165, 1.54) is 15.9 Å². The standard InChI is InChI=1S/C12H17N5O4/c1-7(2)17-4-3-16(11(19)12(17)20)6-8-5-9(15-21-8)10(18)14-13/h5,7H,3-4,6,13H2,1-2H3,(H,14,18). The Morgan fingerprint density at radius 1 is 1.43 bits per heavy atom. The lowest BCUT2D eigenvalue weighted by Gasteiger charge is -2.35. The van der Waals surface area contributed by atoms with Crippen molar-refractivity contribution in [3.63, 3.8) is 0 Å². The van der Waals surface area contributed by atoms with E-state index in [0.717, 1.165) is 0 Å². The predicted molar refractivity (Wildman–Crippen MR) is 70.4 cm³/mol. The average Bonchev–Trinajstić information content (AvgIpc) is 2.91. The Labute approximate surface area is 121 Å². The third-order valence-corrected chi connectivity index (χ3v) is 3.23. The van der Waals surface area contributed by atoms with E-state index in [9.17, 15) is 14.4 Å². The number of amides is 3. The molecule has 0 spiro atoms. The summed E-state index contributed by atoms with van der Waals surface area (Å²) in [5, 5.41) is 3.54. The first-order valence-electron chi connectivity index (χ1n) is 6.50. The molecule has 9 heteroatoms. The van der Waals surface area contributed by atoms with Crippen molar-refractivity contribution in [3.8, 4) is 0 Å². The fourth-order valence-corrected chi connectivity index (χ4v) is 2.09. The molecule has 0 aromatic carbocycles. The van der Waals surface area contributed by atoms with E-state index in [1.54, 1.807) is 0 Å². The molecule has 1 aliphatic rings. The van der Waals surface area contributed by atoms with Crippen LogP contribution in [0.2, 0.25) is 0 Å². The third-order valence-electron chi connectivity index (χ3n) is 3.23. The van der Waals surface area contributed by atoms with E-state index in [2.05, 4.69) is 5.16 Å². The third kappa shape index (κ3) is 3.02. The molecule has 9 nitrogen and oxygen atoms in total. The van der Waals surface area contributed by atoms with Crippen molar-refractivity contribution < 1.29 is 18.9 Å². The Bertz CT molecular complexity index is 568. The van der Waals surface area contributed by atoms with E-state index in [-0.39, 0.29) is 18.3 Å². The molecule has 1 aromatic heterocycles. The first-order valence-corrected chi connectivity index (χ1v) is 6.50. The quantitative estimate of drug-likeness (QED) is 0.313. The molecule has 2 heterocycles. The first-order chi connectivity index (χ1) is 9.93. The normalized spacial score (nSPS) is 15.8. The highest BCUT2D eigenvalue weighted by Crippen LogP contribution is 2.13. The van der Waals surface area contributed by atoms with Crippen molar-refractivity contribution in [2.24, 2.45) is 5.84 Å². The molecule has 21 heavy (non-hydrogen) atoms. The molecule has 0 atom stereocenters. The van der Waals surface area contributed by atoms with Crippen molar-refractivity contribution in [3.05, 3.63) is 17.5 Å². The summed E-state index contributed by atoms with van der Waals surface area (Å²) in [6, 6.07) is 1.36. The topological polar surface area (TPSA) is 122 Å². The van der Waals surface area contributed by atoms with Crippen LogP contribution in [0.4, 0.5) is 0 Å². The van der Waals surface area contributed by atoms with Gasteiger partial charge in [-0.2, -0.15) is 0 Å². The molecule has 0 bridgehead atoms. The van der Waals surface area contributed by atoms with Gasteiger partial charge in [0.15, 0.2) is 11.5 Å². The summed E-state index contributed by atoms with van der Waals surface area (Å²) in [6.07, 6.45) is 0. The van der Waals surface area contributed by atoms with E-state index in [0.29, 0.717) is 18.8 Å². The Hall–Kier alpha value is -2.42. The maximum absolute atomic E-state index is 12.0. The summed E-state index contributed by atoms with van der Waals surface area (Å²) >= 11 is 0. The molecule has 0 radical (unpaired) electrons. The number of hydrazine groups is 1. The lowest BCUT2D eigenvalue weighted by molar-refractivity contribution is -0.157. The van der Waals surface area contributed by atoms with Gasteiger partial charge in [-0.3, -0.25) is 19.8 Å². The van der Waals surface area contributed by atoms with Crippen LogP contribution in [0.3, 0.4) is 0 Å². The van der Waals surface area contributed by atoms with Crippen LogP contribution >= 0.6 is 0 Å². The van der Waals surface area contributed by atoms with Crippen molar-refractivity contribution in [2.45, 2.75) is 26.4 Å². The molecule has 1 fully saturated rings. The smallest absolute Gasteiger partial charge is 0.312 e. The number of carbonyl (C=O) groups excluding carboxylic acids is 3. The molecule has 3 N–H and O–H groups in total. The molecule has 0 saturated carbocycles. The van der Waals surface area contributed by atoms with Crippen LogP contribution in [0, 0.1) is 0 Å². The van der Waals surface area contributed by atoms with Gasteiger partial charge in [0.1, 0.15) is 0 Å². The van der Waals surface area contributed by atoms with E-state index >= 15 is 0 Å². The van der Waals surface area contributed by atoms with Crippen molar-refractivity contribution in [1.29, 1.82) is 0 Å². The molecule has 0 aliphatic carbocycles. The molecule has 1 saturated heterocycles. The largest absolute Gasteiger partial charge is 0.359 e. The van der Waals surface area contributed by atoms with Crippen LogP contribution < -0.4 is 11.3 Å². The monoisotopic (exact) mass is 295 g/mol. The Morgan fingerprint density at radius 2 is 2.14 bits per heavy atom. The lowest BCUT2D eigenvalue weighted by Crippen LogP contribution is -2.55. The SMILES string of the molecule is CC(C)N1CCN(Cc2cc(C(=O)NN)no2)C(=O)C1=O. The van der Waals surface area contributed by atoms with Gasteiger partial charge in [-0.25, -0.2) is 5.84 Å². The minimum absolute atomic E-state index is 0.0197. The second kappa shape index (κ2) is 5.92. The molecule has 1 aliphatic heterocycles. The fraction of sp³-hybridized carbons (Fsp3) is 0.500.